The number of nitrogens with one attached hydrogen (secondary N) is 1. The van der Waals surface area contributed by atoms with Crippen LogP contribution in [0.4, 0.5) is 0 Å². The summed E-state index contributed by atoms with van der Waals surface area (Å²) in [5, 5.41) is 10.5. The third kappa shape index (κ3) is 3.71. The van der Waals surface area contributed by atoms with Gasteiger partial charge in [0.05, 0.1) is 6.42 Å². The molecule has 0 atom stereocenters. The summed E-state index contributed by atoms with van der Waals surface area (Å²) in [4.78, 5) is 28.6. The lowest BCUT2D eigenvalue weighted by Gasteiger charge is -2.33. The van der Waals surface area contributed by atoms with Gasteiger partial charge in [0.15, 0.2) is 0 Å². The second kappa shape index (κ2) is 7.23. The Labute approximate surface area is 144 Å². The number of carboxylic acids is 1. The lowest BCUT2D eigenvalue weighted by Crippen LogP contribution is -2.44. The van der Waals surface area contributed by atoms with Crippen LogP contribution in [0.15, 0.2) is 24.3 Å². The van der Waals surface area contributed by atoms with Crippen LogP contribution < -0.4 is 0 Å². The van der Waals surface area contributed by atoms with Crippen LogP contribution in [0.3, 0.4) is 0 Å². The number of carboxylic acid groups (broad SMARTS) is 1. The summed E-state index contributed by atoms with van der Waals surface area (Å²) in [6.07, 6.45) is 1.37. The maximum atomic E-state index is 12.9. The van der Waals surface area contributed by atoms with E-state index in [1.165, 1.54) is 0 Å². The van der Waals surface area contributed by atoms with Crippen LogP contribution in [0.1, 0.15) is 29.8 Å². The van der Waals surface area contributed by atoms with Crippen LogP contribution >= 0.6 is 11.6 Å². The smallest absolute Gasteiger partial charge is 0.305 e. The molecule has 2 aromatic rings. The summed E-state index contributed by atoms with van der Waals surface area (Å²) < 4.78 is 5.35. The van der Waals surface area contributed by atoms with Crippen molar-refractivity contribution in [3.8, 4) is 0 Å². The molecule has 0 spiro atoms. The van der Waals surface area contributed by atoms with E-state index >= 15 is 0 Å². The van der Waals surface area contributed by atoms with Crippen LogP contribution in [0, 0.1) is 0 Å². The van der Waals surface area contributed by atoms with E-state index in [9.17, 15) is 9.59 Å². The van der Waals surface area contributed by atoms with Crippen molar-refractivity contribution < 1.29 is 19.4 Å². The van der Waals surface area contributed by atoms with Crippen molar-refractivity contribution in [3.05, 3.63) is 35.0 Å². The number of ether oxygens (including phenoxy) is 1. The van der Waals surface area contributed by atoms with Crippen molar-refractivity contribution in [2.75, 3.05) is 19.8 Å². The monoisotopic (exact) mass is 350 g/mol. The van der Waals surface area contributed by atoms with Crippen molar-refractivity contribution >= 4 is 34.4 Å². The second-order valence-corrected chi connectivity index (χ2v) is 6.34. The molecular formula is C17H19ClN2O4. The largest absolute Gasteiger partial charge is 0.481 e. The number of aromatic amines is 1. The van der Waals surface area contributed by atoms with Gasteiger partial charge in [-0.1, -0.05) is 17.7 Å². The van der Waals surface area contributed by atoms with Gasteiger partial charge < -0.3 is 19.7 Å². The Balaban J connectivity index is 1.86. The number of rotatable bonds is 5. The van der Waals surface area contributed by atoms with E-state index in [4.69, 9.17) is 21.4 Å². The molecule has 1 aromatic carbocycles. The molecule has 6 nitrogen and oxygen atoms in total. The maximum absolute atomic E-state index is 12.9. The Hall–Kier alpha value is -2.05. The van der Waals surface area contributed by atoms with Crippen molar-refractivity contribution in [1.29, 1.82) is 0 Å². The second-order valence-electron chi connectivity index (χ2n) is 5.90. The molecule has 0 unspecified atom stereocenters. The first-order valence-electron chi connectivity index (χ1n) is 7.93. The first-order valence-corrected chi connectivity index (χ1v) is 8.31. The van der Waals surface area contributed by atoms with Gasteiger partial charge in [0, 0.05) is 41.7 Å². The highest BCUT2D eigenvalue weighted by atomic mass is 35.5. The molecule has 1 fully saturated rings. The molecule has 1 saturated heterocycles. The molecule has 24 heavy (non-hydrogen) atoms. The molecule has 128 valence electrons. The number of aromatic nitrogens is 1. The Morgan fingerprint density at radius 2 is 2.04 bits per heavy atom. The van der Waals surface area contributed by atoms with Crippen LogP contribution in [0.2, 0.25) is 5.02 Å². The van der Waals surface area contributed by atoms with Gasteiger partial charge in [-0.2, -0.15) is 0 Å². The number of aliphatic carboxylic acids is 1. The molecule has 3 rings (SSSR count). The number of fused-ring (bicyclic) bond motifs is 1. The third-order valence-electron chi connectivity index (χ3n) is 4.27. The average molecular weight is 351 g/mol. The highest BCUT2D eigenvalue weighted by molar-refractivity contribution is 6.31. The number of carbonyl (C=O) groups excluding carboxylic acids is 1. The lowest BCUT2D eigenvalue weighted by atomic mass is 10.1. The standard InChI is InChI=1S/C17H19ClN2O4/c18-12-2-1-11-9-15(19-14(11)10-12)17(23)20(6-3-16(21)22)13-4-7-24-8-5-13/h1-2,9-10,13,19H,3-8H2,(H,21,22). The average Bonchev–Trinajstić information content (AvgIpc) is 2.98. The van der Waals surface area contributed by atoms with Gasteiger partial charge in [0.1, 0.15) is 5.69 Å². The molecule has 2 heterocycles. The number of hydrogen-bond donors (Lipinski definition) is 2. The van der Waals surface area contributed by atoms with Gasteiger partial charge in [0.25, 0.3) is 5.91 Å². The number of carbonyl (C=O) groups is 2. The fourth-order valence-electron chi connectivity index (χ4n) is 3.03. The van der Waals surface area contributed by atoms with Gasteiger partial charge in [0.2, 0.25) is 0 Å². The predicted molar refractivity (Wildman–Crippen MR) is 90.4 cm³/mol. The molecule has 0 bridgehead atoms. The molecule has 0 aliphatic carbocycles. The number of nitrogens with zero attached hydrogens (tertiary/aromatic N) is 1. The van der Waals surface area contributed by atoms with Gasteiger partial charge in [-0.05, 0) is 31.0 Å². The van der Waals surface area contributed by atoms with Crippen molar-refractivity contribution in [3.63, 3.8) is 0 Å². The normalized spacial score (nSPS) is 15.5. The van der Waals surface area contributed by atoms with E-state index in [0.29, 0.717) is 23.9 Å². The van der Waals surface area contributed by atoms with E-state index in [0.717, 1.165) is 23.7 Å². The molecule has 0 saturated carbocycles. The van der Waals surface area contributed by atoms with Crippen LogP contribution in [-0.4, -0.2) is 52.7 Å². The highest BCUT2D eigenvalue weighted by Gasteiger charge is 2.28. The molecule has 1 aromatic heterocycles. The zero-order chi connectivity index (χ0) is 17.1. The first-order chi connectivity index (χ1) is 11.5. The van der Waals surface area contributed by atoms with Crippen LogP contribution in [0.5, 0.6) is 0 Å². The summed E-state index contributed by atoms with van der Waals surface area (Å²) in [5.41, 5.74) is 1.24. The molecule has 1 aliphatic rings. The first kappa shape index (κ1) is 16.8. The van der Waals surface area contributed by atoms with Gasteiger partial charge >= 0.3 is 5.97 Å². The maximum Gasteiger partial charge on any atom is 0.305 e. The molecule has 2 N–H and O–H groups in total. The van der Waals surface area contributed by atoms with Crippen molar-refractivity contribution in [2.24, 2.45) is 0 Å². The number of benzene rings is 1. The quantitative estimate of drug-likeness (QED) is 0.868. The molecule has 7 heteroatoms. The SMILES string of the molecule is O=C(O)CCN(C(=O)c1cc2ccc(Cl)cc2[nH]1)C1CCOCC1. The predicted octanol–water partition coefficient (Wildman–Crippen LogP) is 2.92. The molecule has 1 amide bonds. The Bertz CT molecular complexity index is 752. The minimum Gasteiger partial charge on any atom is -0.481 e. The number of H-pyrrole nitrogens is 1. The van der Waals surface area contributed by atoms with Gasteiger partial charge in [-0.3, -0.25) is 9.59 Å². The minimum absolute atomic E-state index is 0.000556. The van der Waals surface area contributed by atoms with E-state index in [1.54, 1.807) is 23.1 Å². The summed E-state index contributed by atoms with van der Waals surface area (Å²) in [6, 6.07) is 7.17. The summed E-state index contributed by atoms with van der Waals surface area (Å²) in [7, 11) is 0. The summed E-state index contributed by atoms with van der Waals surface area (Å²) in [6.45, 7) is 1.36. The lowest BCUT2D eigenvalue weighted by molar-refractivity contribution is -0.137. The van der Waals surface area contributed by atoms with Gasteiger partial charge in [-0.15, -0.1) is 0 Å². The molecule has 1 aliphatic heterocycles. The molecule has 0 radical (unpaired) electrons. The van der Waals surface area contributed by atoms with E-state index < -0.39 is 5.97 Å². The Morgan fingerprint density at radius 3 is 2.75 bits per heavy atom. The number of amides is 1. The fraction of sp³-hybridized carbons (Fsp3) is 0.412. The highest BCUT2D eigenvalue weighted by Crippen LogP contribution is 2.23. The van der Waals surface area contributed by atoms with Crippen molar-refractivity contribution in [2.45, 2.75) is 25.3 Å². The third-order valence-corrected chi connectivity index (χ3v) is 4.51. The van der Waals surface area contributed by atoms with E-state index in [2.05, 4.69) is 4.98 Å². The minimum atomic E-state index is -0.914. The fourth-order valence-corrected chi connectivity index (χ4v) is 3.20. The zero-order valence-electron chi connectivity index (χ0n) is 13.1. The molecular weight excluding hydrogens is 332 g/mol. The summed E-state index contributed by atoms with van der Waals surface area (Å²) >= 11 is 5.98. The van der Waals surface area contributed by atoms with Crippen LogP contribution in [-0.2, 0) is 9.53 Å². The zero-order valence-corrected chi connectivity index (χ0v) is 13.9. The number of hydrogen-bond acceptors (Lipinski definition) is 3. The Kier molecular flexibility index (Phi) is 5.06. The number of halogens is 1. The summed E-state index contributed by atoms with van der Waals surface area (Å²) in [5.74, 6) is -1.10. The van der Waals surface area contributed by atoms with Crippen molar-refractivity contribution in [1.82, 2.24) is 9.88 Å². The van der Waals surface area contributed by atoms with Gasteiger partial charge in [-0.25, -0.2) is 0 Å². The Morgan fingerprint density at radius 1 is 1.29 bits per heavy atom. The van der Waals surface area contributed by atoms with E-state index in [1.807, 2.05) is 6.07 Å². The van der Waals surface area contributed by atoms with Crippen LogP contribution in [0.25, 0.3) is 10.9 Å². The topological polar surface area (TPSA) is 82.6 Å². The van der Waals surface area contributed by atoms with E-state index in [-0.39, 0.29) is 24.9 Å².